The summed E-state index contributed by atoms with van der Waals surface area (Å²) in [7, 11) is 0. The van der Waals surface area contributed by atoms with Gasteiger partial charge in [0.05, 0.1) is 6.26 Å². The van der Waals surface area contributed by atoms with Gasteiger partial charge in [-0.05, 0) is 42.5 Å². The topological polar surface area (TPSA) is 104 Å². The van der Waals surface area contributed by atoms with Gasteiger partial charge in [0, 0.05) is 30.9 Å². The average molecular weight is 365 g/mol. The molecule has 0 bridgehead atoms. The van der Waals surface area contributed by atoms with Gasteiger partial charge >= 0.3 is 6.09 Å². The minimum absolute atomic E-state index is 0.428. The molecule has 1 aliphatic carbocycles. The van der Waals surface area contributed by atoms with Crippen molar-refractivity contribution in [2.24, 2.45) is 0 Å². The Balaban J connectivity index is 1.41. The summed E-state index contributed by atoms with van der Waals surface area (Å²) in [6.07, 6.45) is 3.74. The van der Waals surface area contributed by atoms with Crippen LogP contribution in [0, 0.1) is 0 Å². The van der Waals surface area contributed by atoms with E-state index in [1.54, 1.807) is 6.26 Å². The summed E-state index contributed by atoms with van der Waals surface area (Å²) in [5, 5.41) is 15.8. The molecule has 3 N–H and O–H groups in total. The summed E-state index contributed by atoms with van der Waals surface area (Å²) < 4.78 is 5.52. The number of hydrogen-bond donors (Lipinski definition) is 3. The molecule has 0 unspecified atom stereocenters. The SMILES string of the molecule is O=C(O)N1CCc2cc(Nc3nc(NC4CC4)c4occc4n3)ccc2C1. The fraction of sp³-hybridized carbons (Fsp3) is 0.316. The smallest absolute Gasteiger partial charge is 0.407 e. The van der Waals surface area contributed by atoms with Crippen LogP contribution in [-0.2, 0) is 13.0 Å². The van der Waals surface area contributed by atoms with Crippen LogP contribution in [0.5, 0.6) is 0 Å². The molecule has 27 heavy (non-hydrogen) atoms. The Hall–Kier alpha value is -3.29. The number of anilines is 3. The number of nitrogens with one attached hydrogen (secondary N) is 2. The lowest BCUT2D eigenvalue weighted by molar-refractivity contribution is 0.140. The van der Waals surface area contributed by atoms with Gasteiger partial charge in [0.1, 0.15) is 5.52 Å². The molecule has 0 atom stereocenters. The van der Waals surface area contributed by atoms with Crippen molar-refractivity contribution in [3.8, 4) is 0 Å². The second-order valence-corrected chi connectivity index (χ2v) is 7.01. The normalized spacial score (nSPS) is 16.2. The van der Waals surface area contributed by atoms with E-state index in [0.717, 1.165) is 35.2 Å². The van der Waals surface area contributed by atoms with Crippen molar-refractivity contribution in [3.63, 3.8) is 0 Å². The van der Waals surface area contributed by atoms with Gasteiger partial charge < -0.3 is 25.1 Å². The molecule has 8 heteroatoms. The summed E-state index contributed by atoms with van der Waals surface area (Å²) in [5.74, 6) is 1.22. The van der Waals surface area contributed by atoms with E-state index in [9.17, 15) is 4.79 Å². The van der Waals surface area contributed by atoms with Crippen molar-refractivity contribution in [2.75, 3.05) is 17.2 Å². The average Bonchev–Trinajstić information content (AvgIpc) is 3.34. The molecule has 2 aromatic heterocycles. The van der Waals surface area contributed by atoms with E-state index in [4.69, 9.17) is 9.52 Å². The van der Waals surface area contributed by atoms with Crippen LogP contribution < -0.4 is 10.6 Å². The lowest BCUT2D eigenvalue weighted by atomic mass is 9.99. The molecule has 1 saturated carbocycles. The summed E-state index contributed by atoms with van der Waals surface area (Å²) >= 11 is 0. The van der Waals surface area contributed by atoms with E-state index >= 15 is 0 Å². The van der Waals surface area contributed by atoms with Gasteiger partial charge in [-0.15, -0.1) is 0 Å². The number of nitrogens with zero attached hydrogens (tertiary/aromatic N) is 3. The van der Waals surface area contributed by atoms with Gasteiger partial charge in [-0.3, -0.25) is 0 Å². The predicted molar refractivity (Wildman–Crippen MR) is 100 cm³/mol. The van der Waals surface area contributed by atoms with Gasteiger partial charge in [-0.1, -0.05) is 6.07 Å². The Morgan fingerprint density at radius 1 is 1.22 bits per heavy atom. The number of amides is 1. The third-order valence-corrected chi connectivity index (χ3v) is 4.97. The fourth-order valence-corrected chi connectivity index (χ4v) is 3.36. The van der Waals surface area contributed by atoms with Crippen LogP contribution in [-0.4, -0.2) is 38.7 Å². The summed E-state index contributed by atoms with van der Waals surface area (Å²) in [6, 6.07) is 8.23. The quantitative estimate of drug-likeness (QED) is 0.649. The van der Waals surface area contributed by atoms with Gasteiger partial charge in [0.15, 0.2) is 11.4 Å². The number of furan rings is 1. The van der Waals surface area contributed by atoms with Gasteiger partial charge in [0.2, 0.25) is 5.95 Å². The molecular weight excluding hydrogens is 346 g/mol. The molecule has 3 heterocycles. The van der Waals surface area contributed by atoms with Crippen LogP contribution >= 0.6 is 0 Å². The summed E-state index contributed by atoms with van der Waals surface area (Å²) in [5.41, 5.74) is 4.50. The maximum Gasteiger partial charge on any atom is 0.407 e. The molecule has 0 saturated heterocycles. The minimum atomic E-state index is -0.875. The number of fused-ring (bicyclic) bond motifs is 2. The first-order chi connectivity index (χ1) is 13.2. The Morgan fingerprint density at radius 2 is 2.11 bits per heavy atom. The zero-order chi connectivity index (χ0) is 18.4. The van der Waals surface area contributed by atoms with Crippen molar-refractivity contribution in [3.05, 3.63) is 41.7 Å². The summed E-state index contributed by atoms with van der Waals surface area (Å²) in [4.78, 5) is 21.7. The first-order valence-corrected chi connectivity index (χ1v) is 9.04. The second kappa shape index (κ2) is 6.15. The maximum atomic E-state index is 11.2. The van der Waals surface area contributed by atoms with Crippen LogP contribution in [0.15, 0.2) is 34.9 Å². The first-order valence-electron chi connectivity index (χ1n) is 9.04. The van der Waals surface area contributed by atoms with Crippen LogP contribution in [0.4, 0.5) is 22.2 Å². The van der Waals surface area contributed by atoms with Gasteiger partial charge in [-0.2, -0.15) is 4.98 Å². The molecular formula is C19H19N5O3. The number of carboxylic acid groups (broad SMARTS) is 1. The molecule has 0 spiro atoms. The number of carbonyl (C=O) groups is 1. The second-order valence-electron chi connectivity index (χ2n) is 7.01. The van der Waals surface area contributed by atoms with Crippen molar-refractivity contribution in [1.29, 1.82) is 0 Å². The van der Waals surface area contributed by atoms with E-state index in [-0.39, 0.29) is 0 Å². The fourth-order valence-electron chi connectivity index (χ4n) is 3.36. The van der Waals surface area contributed by atoms with Gasteiger partial charge in [-0.25, -0.2) is 9.78 Å². The lowest BCUT2D eigenvalue weighted by Crippen LogP contribution is -2.34. The van der Waals surface area contributed by atoms with Gasteiger partial charge in [0.25, 0.3) is 0 Å². The molecule has 1 aromatic carbocycles. The highest BCUT2D eigenvalue weighted by molar-refractivity contribution is 5.85. The van der Waals surface area contributed by atoms with Crippen LogP contribution in [0.3, 0.4) is 0 Å². The molecule has 8 nitrogen and oxygen atoms in total. The van der Waals surface area contributed by atoms with E-state index in [1.807, 2.05) is 24.3 Å². The first kappa shape index (κ1) is 15.9. The van der Waals surface area contributed by atoms with Crippen molar-refractivity contribution in [1.82, 2.24) is 14.9 Å². The van der Waals surface area contributed by atoms with Crippen molar-refractivity contribution < 1.29 is 14.3 Å². The molecule has 138 valence electrons. The molecule has 3 aromatic rings. The van der Waals surface area contributed by atoms with Crippen molar-refractivity contribution in [2.45, 2.75) is 31.8 Å². The number of hydrogen-bond acceptors (Lipinski definition) is 6. The molecule has 1 fully saturated rings. The minimum Gasteiger partial charge on any atom is -0.465 e. The Kier molecular flexibility index (Phi) is 3.63. The largest absolute Gasteiger partial charge is 0.465 e. The standard InChI is InChI=1S/C19H19N5O3/c25-19(26)24-7-5-11-9-14(2-1-12(11)10-24)21-18-22-15-6-8-27-16(15)17(23-18)20-13-3-4-13/h1-2,6,8-9,13H,3-5,7,10H2,(H,25,26)(H2,20,21,22,23). The highest BCUT2D eigenvalue weighted by Gasteiger charge is 2.24. The molecule has 1 aliphatic heterocycles. The Morgan fingerprint density at radius 3 is 2.93 bits per heavy atom. The third-order valence-electron chi connectivity index (χ3n) is 4.97. The zero-order valence-corrected chi connectivity index (χ0v) is 14.6. The highest BCUT2D eigenvalue weighted by atomic mass is 16.4. The van der Waals surface area contributed by atoms with Crippen LogP contribution in [0.1, 0.15) is 24.0 Å². The number of rotatable bonds is 4. The lowest BCUT2D eigenvalue weighted by Gasteiger charge is -2.26. The number of benzene rings is 1. The summed E-state index contributed by atoms with van der Waals surface area (Å²) in [6.45, 7) is 0.941. The molecule has 1 amide bonds. The highest BCUT2D eigenvalue weighted by Crippen LogP contribution is 2.30. The maximum absolute atomic E-state index is 11.2. The van der Waals surface area contributed by atoms with Crippen molar-refractivity contribution >= 4 is 34.6 Å². The number of aromatic nitrogens is 2. The zero-order valence-electron chi connectivity index (χ0n) is 14.6. The van der Waals surface area contributed by atoms with E-state index in [0.29, 0.717) is 42.9 Å². The molecule has 2 aliphatic rings. The molecule has 0 radical (unpaired) electrons. The third kappa shape index (κ3) is 3.14. The Labute approximate surface area is 155 Å². The van der Waals surface area contributed by atoms with E-state index in [2.05, 4.69) is 20.6 Å². The van der Waals surface area contributed by atoms with E-state index in [1.165, 1.54) is 4.90 Å². The van der Waals surface area contributed by atoms with E-state index < -0.39 is 6.09 Å². The Bertz CT molecular complexity index is 1030. The van der Waals surface area contributed by atoms with Crippen LogP contribution in [0.25, 0.3) is 11.1 Å². The predicted octanol–water partition coefficient (Wildman–Crippen LogP) is 3.58. The van der Waals surface area contributed by atoms with Crippen LogP contribution in [0.2, 0.25) is 0 Å². The molecule has 5 rings (SSSR count). The monoisotopic (exact) mass is 365 g/mol.